The molecule has 144 valence electrons. The number of rotatable bonds is 6. The fourth-order valence-electron chi connectivity index (χ4n) is 3.38. The Labute approximate surface area is 166 Å². The van der Waals surface area contributed by atoms with E-state index in [0.29, 0.717) is 18.1 Å². The minimum Gasteiger partial charge on any atom is -0.493 e. The number of aryl methyl sites for hydroxylation is 2. The van der Waals surface area contributed by atoms with E-state index in [1.165, 1.54) is 27.9 Å². The molecule has 4 rings (SSSR count). The van der Waals surface area contributed by atoms with Gasteiger partial charge < -0.3 is 9.47 Å². The highest BCUT2D eigenvalue weighted by Crippen LogP contribution is 2.33. The van der Waals surface area contributed by atoms with Gasteiger partial charge in [0.1, 0.15) is 17.8 Å². The molecule has 0 aliphatic heterocycles. The number of hydrogen-bond donors (Lipinski definition) is 0. The van der Waals surface area contributed by atoms with Crippen LogP contribution in [-0.4, -0.2) is 29.6 Å². The van der Waals surface area contributed by atoms with Crippen LogP contribution in [0.3, 0.4) is 0 Å². The average Bonchev–Trinajstić information content (AvgIpc) is 3.11. The van der Waals surface area contributed by atoms with Crippen molar-refractivity contribution in [2.45, 2.75) is 25.7 Å². The second-order valence-electron chi connectivity index (χ2n) is 6.54. The van der Waals surface area contributed by atoms with Crippen LogP contribution in [0.2, 0.25) is 0 Å². The summed E-state index contributed by atoms with van der Waals surface area (Å²) in [6, 6.07) is 5.47. The van der Waals surface area contributed by atoms with Crippen LogP contribution in [0.25, 0.3) is 10.2 Å². The number of thiophene rings is 1. The summed E-state index contributed by atoms with van der Waals surface area (Å²) in [6.45, 7) is 4.04. The minimum absolute atomic E-state index is 0.112. The minimum atomic E-state index is -0.112. The van der Waals surface area contributed by atoms with Gasteiger partial charge in [0, 0.05) is 4.88 Å². The van der Waals surface area contributed by atoms with Crippen molar-refractivity contribution in [1.29, 1.82) is 0 Å². The molecule has 1 aliphatic rings. The number of ether oxygens (including phenoxy) is 2. The average molecular weight is 395 g/mol. The summed E-state index contributed by atoms with van der Waals surface area (Å²) in [5, 5.41) is 5.06. The van der Waals surface area contributed by atoms with Crippen molar-refractivity contribution in [3.63, 3.8) is 0 Å². The Morgan fingerprint density at radius 3 is 3.00 bits per heavy atom. The Kier molecular flexibility index (Phi) is 5.25. The zero-order valence-electron chi connectivity index (χ0n) is 15.7. The van der Waals surface area contributed by atoms with Gasteiger partial charge >= 0.3 is 0 Å². The molecule has 0 radical (unpaired) electrons. The first-order valence-corrected chi connectivity index (χ1v) is 10.0. The summed E-state index contributed by atoms with van der Waals surface area (Å²) in [5.41, 5.74) is 1.85. The van der Waals surface area contributed by atoms with Crippen LogP contribution >= 0.6 is 11.3 Å². The van der Waals surface area contributed by atoms with E-state index in [2.05, 4.69) is 16.7 Å². The van der Waals surface area contributed by atoms with Crippen LogP contribution in [-0.2, 0) is 12.8 Å². The maximum Gasteiger partial charge on any atom is 0.282 e. The molecule has 3 aromatic rings. The van der Waals surface area contributed by atoms with Crippen LogP contribution in [0.15, 0.2) is 47.1 Å². The predicted molar refractivity (Wildman–Crippen MR) is 112 cm³/mol. The second-order valence-corrected chi connectivity index (χ2v) is 7.62. The standard InChI is InChI=1S/C21H21N3O3S/c1-3-10-27-16-9-8-14(11-17(16)26-2)12-23-24-13-22-20-19(21(24)25)15-6-4-5-7-18(15)28-20/h3,8-9,11-13H,1,4-7,10H2,2H3. The third kappa shape index (κ3) is 3.45. The maximum atomic E-state index is 12.9. The van der Waals surface area contributed by atoms with Crippen molar-refractivity contribution in [2.75, 3.05) is 13.7 Å². The molecule has 0 saturated heterocycles. The SMILES string of the molecule is C=CCOc1ccc(C=Nn2cnc3sc4c(c3c2=O)CCCC4)cc1OC. The first kappa shape index (κ1) is 18.4. The molecule has 7 heteroatoms. The largest absolute Gasteiger partial charge is 0.493 e. The van der Waals surface area contributed by atoms with E-state index in [9.17, 15) is 4.79 Å². The Morgan fingerprint density at radius 1 is 1.32 bits per heavy atom. The van der Waals surface area contributed by atoms with Gasteiger partial charge in [-0.05, 0) is 55.0 Å². The summed E-state index contributed by atoms with van der Waals surface area (Å²) >= 11 is 1.64. The Hall–Kier alpha value is -2.93. The molecule has 1 aliphatic carbocycles. The van der Waals surface area contributed by atoms with Gasteiger partial charge in [0.2, 0.25) is 0 Å². The van der Waals surface area contributed by atoms with Crippen LogP contribution < -0.4 is 15.0 Å². The van der Waals surface area contributed by atoms with E-state index in [4.69, 9.17) is 9.47 Å². The number of benzene rings is 1. The van der Waals surface area contributed by atoms with Gasteiger partial charge in [-0.25, -0.2) is 4.98 Å². The lowest BCUT2D eigenvalue weighted by Crippen LogP contribution is -2.18. The summed E-state index contributed by atoms with van der Waals surface area (Å²) < 4.78 is 12.2. The molecular formula is C21H21N3O3S. The van der Waals surface area contributed by atoms with Crippen LogP contribution in [0.1, 0.15) is 28.8 Å². The van der Waals surface area contributed by atoms with Crippen molar-refractivity contribution in [3.8, 4) is 11.5 Å². The van der Waals surface area contributed by atoms with Gasteiger partial charge in [0.25, 0.3) is 5.56 Å². The van der Waals surface area contributed by atoms with Gasteiger partial charge in [-0.1, -0.05) is 12.7 Å². The normalized spacial score (nSPS) is 13.6. The highest BCUT2D eigenvalue weighted by Gasteiger charge is 2.19. The van der Waals surface area contributed by atoms with Gasteiger partial charge in [-0.15, -0.1) is 11.3 Å². The first-order chi connectivity index (χ1) is 13.7. The second kappa shape index (κ2) is 7.98. The van der Waals surface area contributed by atoms with E-state index in [0.717, 1.165) is 35.0 Å². The monoisotopic (exact) mass is 395 g/mol. The number of fused-ring (bicyclic) bond motifs is 3. The smallest absolute Gasteiger partial charge is 0.282 e. The highest BCUT2D eigenvalue weighted by atomic mass is 32.1. The van der Waals surface area contributed by atoms with E-state index in [1.807, 2.05) is 18.2 Å². The van der Waals surface area contributed by atoms with Gasteiger partial charge in [0.05, 0.1) is 18.7 Å². The third-order valence-electron chi connectivity index (χ3n) is 4.73. The zero-order chi connectivity index (χ0) is 19.5. The van der Waals surface area contributed by atoms with Crippen molar-refractivity contribution >= 4 is 27.8 Å². The van der Waals surface area contributed by atoms with Gasteiger partial charge in [-0.2, -0.15) is 9.78 Å². The number of nitrogens with zero attached hydrogens (tertiary/aromatic N) is 3. The molecule has 2 aromatic heterocycles. The molecule has 0 amide bonds. The van der Waals surface area contributed by atoms with E-state index in [1.54, 1.807) is 30.7 Å². The Bertz CT molecular complexity index is 1110. The molecule has 28 heavy (non-hydrogen) atoms. The van der Waals surface area contributed by atoms with Crippen molar-refractivity contribution < 1.29 is 9.47 Å². The van der Waals surface area contributed by atoms with E-state index < -0.39 is 0 Å². The van der Waals surface area contributed by atoms with Gasteiger partial charge in [-0.3, -0.25) is 4.79 Å². The van der Waals surface area contributed by atoms with Crippen LogP contribution in [0.4, 0.5) is 0 Å². The molecule has 0 N–H and O–H groups in total. The molecule has 6 nitrogen and oxygen atoms in total. The van der Waals surface area contributed by atoms with Crippen molar-refractivity contribution in [1.82, 2.24) is 9.66 Å². The molecule has 1 aromatic carbocycles. The zero-order valence-corrected chi connectivity index (χ0v) is 16.5. The summed E-state index contributed by atoms with van der Waals surface area (Å²) in [7, 11) is 1.58. The van der Waals surface area contributed by atoms with Gasteiger partial charge in [0.15, 0.2) is 11.5 Å². The van der Waals surface area contributed by atoms with E-state index >= 15 is 0 Å². The van der Waals surface area contributed by atoms with E-state index in [-0.39, 0.29) is 5.56 Å². The quantitative estimate of drug-likeness (QED) is 0.470. The lowest BCUT2D eigenvalue weighted by atomic mass is 9.97. The van der Waals surface area contributed by atoms with Crippen LogP contribution in [0.5, 0.6) is 11.5 Å². The molecule has 0 saturated carbocycles. The third-order valence-corrected chi connectivity index (χ3v) is 5.93. The molecule has 0 unspecified atom stereocenters. The first-order valence-electron chi connectivity index (χ1n) is 9.19. The Morgan fingerprint density at radius 2 is 2.18 bits per heavy atom. The maximum absolute atomic E-state index is 12.9. The Balaban J connectivity index is 1.66. The lowest BCUT2D eigenvalue weighted by Gasteiger charge is -2.10. The highest BCUT2D eigenvalue weighted by molar-refractivity contribution is 7.18. The number of aromatic nitrogens is 2. The molecule has 0 spiro atoms. The summed E-state index contributed by atoms with van der Waals surface area (Å²) in [6.07, 6.45) is 9.07. The lowest BCUT2D eigenvalue weighted by molar-refractivity contribution is 0.326. The summed E-state index contributed by atoms with van der Waals surface area (Å²) in [4.78, 5) is 19.5. The predicted octanol–water partition coefficient (Wildman–Crippen LogP) is 3.79. The number of methoxy groups -OCH3 is 1. The number of hydrogen-bond acceptors (Lipinski definition) is 6. The molecule has 0 atom stereocenters. The van der Waals surface area contributed by atoms with Crippen molar-refractivity contribution in [2.24, 2.45) is 5.10 Å². The van der Waals surface area contributed by atoms with Crippen LogP contribution in [0, 0.1) is 0 Å². The topological polar surface area (TPSA) is 65.7 Å². The molecule has 2 heterocycles. The molecule has 0 bridgehead atoms. The molecule has 0 fully saturated rings. The fourth-order valence-corrected chi connectivity index (χ4v) is 4.60. The van der Waals surface area contributed by atoms with Crippen molar-refractivity contribution in [3.05, 3.63) is 63.5 Å². The fraction of sp³-hybridized carbons (Fsp3) is 0.286. The summed E-state index contributed by atoms with van der Waals surface area (Å²) in [5.74, 6) is 1.23. The molecular weight excluding hydrogens is 374 g/mol.